The van der Waals surface area contributed by atoms with Crippen molar-refractivity contribution in [2.45, 2.75) is 0 Å². The largest absolute Gasteiger partial charge is 2.00 e. The Morgan fingerprint density at radius 2 is 0.980 bits per heavy atom. The van der Waals surface area contributed by atoms with Crippen molar-refractivity contribution in [1.29, 1.82) is 0 Å². The molecular weight excluding hydrogens is 991 g/mol. The van der Waals surface area contributed by atoms with Gasteiger partial charge in [0.05, 0.1) is 0 Å². The first-order chi connectivity index (χ1) is 23.4. The minimum absolute atomic E-state index is 0. The van der Waals surface area contributed by atoms with E-state index in [0.29, 0.717) is 0 Å². The van der Waals surface area contributed by atoms with Crippen molar-refractivity contribution in [2.75, 3.05) is 0 Å². The van der Waals surface area contributed by atoms with Gasteiger partial charge in [-0.2, -0.15) is 0 Å². The molecule has 0 amide bonds. The predicted molar refractivity (Wildman–Crippen MR) is 184 cm³/mol. The average molecular weight is 1020 g/mol. The number of aromatic nitrogens is 12. The summed E-state index contributed by atoms with van der Waals surface area (Å²) in [6.07, 6.45) is 21.2. The molecule has 0 saturated carbocycles. The fraction of sp³-hybridized carbons (Fsp3) is 0.111. The van der Waals surface area contributed by atoms with Crippen molar-refractivity contribution in [1.82, 2.24) is 57.3 Å². The Bertz CT molecular complexity index is 2570. The zero-order chi connectivity index (χ0) is 32.5. The van der Waals surface area contributed by atoms with Crippen LogP contribution in [0.1, 0.15) is 0 Å². The summed E-state index contributed by atoms with van der Waals surface area (Å²) in [6, 6.07) is 16.6. The van der Waals surface area contributed by atoms with Gasteiger partial charge >= 0.3 is 42.1 Å². The molecule has 0 N–H and O–H groups in total. The molecule has 252 valence electrons. The van der Waals surface area contributed by atoms with Gasteiger partial charge in [-0.3, -0.25) is 0 Å². The fourth-order valence-corrected chi connectivity index (χ4v) is 6.39. The zero-order valence-corrected chi connectivity index (χ0v) is 31.8. The molecule has 0 fully saturated rings. The number of imidazole rings is 4. The Hall–Kier alpha value is -5.18. The van der Waals surface area contributed by atoms with Crippen LogP contribution in [0.5, 0.6) is 0 Å². The maximum Gasteiger partial charge on any atom is 2.00 e. The van der Waals surface area contributed by atoms with Gasteiger partial charge in [-0.15, -0.1) is 12.4 Å². The number of benzene rings is 2. The second-order valence-corrected chi connectivity index (χ2v) is 11.8. The van der Waals surface area contributed by atoms with Crippen LogP contribution in [0.25, 0.3) is 78.3 Å². The van der Waals surface area contributed by atoms with E-state index in [2.05, 4.69) is 69.0 Å². The fourth-order valence-electron chi connectivity index (χ4n) is 6.39. The van der Waals surface area contributed by atoms with Crippen molar-refractivity contribution in [3.05, 3.63) is 111 Å². The smallest absolute Gasteiger partial charge is 0.456 e. The van der Waals surface area contributed by atoms with E-state index in [9.17, 15) is 0 Å². The molecule has 0 bridgehead atoms. The Balaban J connectivity index is 0.000000151. The first-order valence-corrected chi connectivity index (χ1v) is 15.4. The maximum atomic E-state index is 4.90. The van der Waals surface area contributed by atoms with Crippen LogP contribution in [0, 0.1) is 12.7 Å². The molecule has 0 aliphatic rings. The minimum atomic E-state index is 0. The van der Waals surface area contributed by atoms with Crippen LogP contribution in [0.4, 0.5) is 0 Å². The molecule has 0 radical (unpaired) electrons. The summed E-state index contributed by atoms with van der Waals surface area (Å²) in [6.45, 7) is 0. The number of hydrogen-bond acceptors (Lipinski definition) is 4. The van der Waals surface area contributed by atoms with Gasteiger partial charge in [0.2, 0.25) is 0 Å². The van der Waals surface area contributed by atoms with E-state index >= 15 is 0 Å². The molecule has 10 aromatic rings. The summed E-state index contributed by atoms with van der Waals surface area (Å²) in [4.78, 5) is 27.4. The molecule has 8 heterocycles. The van der Waals surface area contributed by atoms with Gasteiger partial charge in [0.1, 0.15) is 11.9 Å². The van der Waals surface area contributed by atoms with Gasteiger partial charge in [-0.05, 0) is 58.0 Å². The van der Waals surface area contributed by atoms with E-state index in [1.807, 2.05) is 105 Å². The third kappa shape index (κ3) is 5.30. The summed E-state index contributed by atoms with van der Waals surface area (Å²) < 4.78 is 11.6. The molecule has 0 unspecified atom stereocenters. The zero-order valence-electron chi connectivity index (χ0n) is 27.2. The van der Waals surface area contributed by atoms with Crippen molar-refractivity contribution in [3.63, 3.8) is 0 Å². The Labute approximate surface area is 314 Å². The number of fused-ring (bicyclic) bond motifs is 6. The monoisotopic (exact) mass is 1020 g/mol. The van der Waals surface area contributed by atoms with Crippen LogP contribution < -0.4 is 9.97 Å². The van der Waals surface area contributed by atoms with Crippen molar-refractivity contribution in [2.24, 2.45) is 28.2 Å². The molecule has 2 aromatic carbocycles. The summed E-state index contributed by atoms with van der Waals surface area (Å²) >= 11 is 0. The summed E-state index contributed by atoms with van der Waals surface area (Å²) in [7, 11) is 7.79. The van der Waals surface area contributed by atoms with Crippen LogP contribution in [-0.2, 0) is 70.3 Å². The van der Waals surface area contributed by atoms with Gasteiger partial charge in [-0.25, -0.2) is 9.97 Å². The summed E-state index contributed by atoms with van der Waals surface area (Å²) in [5, 5.41) is 4.49. The van der Waals surface area contributed by atoms with Gasteiger partial charge in [0.15, 0.2) is 0 Å². The van der Waals surface area contributed by atoms with Crippen LogP contribution in [0.3, 0.4) is 0 Å². The number of rotatable bonds is 4. The molecule has 50 heavy (non-hydrogen) atoms. The first-order valence-electron chi connectivity index (χ1n) is 15.4. The Morgan fingerprint density at radius 3 is 1.34 bits per heavy atom. The molecule has 10 rings (SSSR count). The normalized spacial score (nSPS) is 11.3. The summed E-state index contributed by atoms with van der Waals surface area (Å²) in [5.74, 6) is 1.70. The number of para-hydroxylation sites is 2. The van der Waals surface area contributed by atoms with Crippen LogP contribution in [-0.4, -0.2) is 47.3 Å². The predicted octanol–water partition coefficient (Wildman–Crippen LogP) is 5.35. The van der Waals surface area contributed by atoms with Crippen LogP contribution >= 0.6 is 0 Å². The standard InChI is InChI=1S/2C18H14N6.2Pt/c2*1-22-10-15(20-11-22)14-5-3-4-12-13-6-8-24(17(13)21-16(12)14)18-19-7-9-23(18)2;;/h2*3-10H,1-2H3;;/q2*-2;2*+2. The third-order valence-electron chi connectivity index (χ3n) is 8.67. The molecule has 0 atom stereocenters. The first kappa shape index (κ1) is 33.3. The van der Waals surface area contributed by atoms with Gasteiger partial charge in [-0.1, -0.05) is 83.4 Å². The second-order valence-electron chi connectivity index (χ2n) is 11.8. The third-order valence-corrected chi connectivity index (χ3v) is 8.67. The molecule has 0 aliphatic heterocycles. The van der Waals surface area contributed by atoms with E-state index in [1.165, 1.54) is 0 Å². The van der Waals surface area contributed by atoms with E-state index in [-0.39, 0.29) is 42.1 Å². The van der Waals surface area contributed by atoms with E-state index in [4.69, 9.17) is 9.97 Å². The van der Waals surface area contributed by atoms with Crippen LogP contribution in [0.2, 0.25) is 0 Å². The van der Waals surface area contributed by atoms with Gasteiger partial charge in [0.25, 0.3) is 0 Å². The molecule has 0 saturated heterocycles. The number of hydrogen-bond donors (Lipinski definition) is 0. The van der Waals surface area contributed by atoms with E-state index in [0.717, 1.165) is 78.3 Å². The Morgan fingerprint density at radius 1 is 0.540 bits per heavy atom. The number of nitrogens with zero attached hydrogens (tertiary/aromatic N) is 12. The molecule has 8 aromatic heterocycles. The van der Waals surface area contributed by atoms with Crippen molar-refractivity contribution in [3.8, 4) is 34.4 Å². The quantitative estimate of drug-likeness (QED) is 0.221. The Kier molecular flexibility index (Phi) is 8.62. The van der Waals surface area contributed by atoms with Gasteiger partial charge in [0, 0.05) is 51.5 Å². The van der Waals surface area contributed by atoms with Crippen LogP contribution in [0.15, 0.2) is 98.1 Å². The van der Waals surface area contributed by atoms with E-state index in [1.54, 1.807) is 12.4 Å². The van der Waals surface area contributed by atoms with Crippen molar-refractivity contribution < 1.29 is 42.1 Å². The van der Waals surface area contributed by atoms with E-state index < -0.39 is 0 Å². The SMILES string of the molecule is Cn1[c-]nc(-c2cccc3c2[n-]c2c3ccn2-c2nccn2C)c1.Cn1[c-]nc(-c2cccc3c2[n-]c2c3ccn2-c2nccn2C)c1.[Pt+2].[Pt+2]. The second kappa shape index (κ2) is 12.9. The molecule has 12 nitrogen and oxygen atoms in total. The molecule has 0 spiro atoms. The number of aryl methyl sites for hydroxylation is 4. The molecular formula is C36H28N12Pt2. The molecule has 14 heteroatoms. The van der Waals surface area contributed by atoms with Crippen molar-refractivity contribution >= 4 is 43.9 Å². The minimum Gasteiger partial charge on any atom is -0.456 e. The maximum absolute atomic E-state index is 4.90. The average Bonchev–Trinajstić information content (AvgIpc) is 3.92. The topological polar surface area (TPSA) is 109 Å². The molecule has 0 aliphatic carbocycles. The summed E-state index contributed by atoms with van der Waals surface area (Å²) in [5.41, 5.74) is 7.53. The van der Waals surface area contributed by atoms with Gasteiger partial charge < -0.3 is 47.3 Å².